The standard InChI is InChI=1S/C12H15ClF3NO3S/c1-8(3-2-6-18)17-21(19,20)11-7-9(12(14,15)16)4-5-10(11)13/h4-5,7-8,17-18H,2-3,6H2,1H3. The van der Waals surface area contributed by atoms with Gasteiger partial charge in [-0.3, -0.25) is 0 Å². The molecule has 0 radical (unpaired) electrons. The number of benzene rings is 1. The van der Waals surface area contributed by atoms with Crippen LogP contribution in [0.15, 0.2) is 23.1 Å². The van der Waals surface area contributed by atoms with Crippen LogP contribution in [-0.4, -0.2) is 26.2 Å². The highest BCUT2D eigenvalue weighted by molar-refractivity contribution is 7.89. The van der Waals surface area contributed by atoms with Crippen molar-refractivity contribution < 1.29 is 26.7 Å². The molecular weight excluding hydrogens is 331 g/mol. The zero-order valence-electron chi connectivity index (χ0n) is 11.1. The minimum Gasteiger partial charge on any atom is -0.396 e. The van der Waals surface area contributed by atoms with E-state index in [0.717, 1.165) is 12.1 Å². The number of halogens is 4. The molecule has 0 amide bonds. The number of aliphatic hydroxyl groups is 1. The van der Waals surface area contributed by atoms with E-state index in [2.05, 4.69) is 4.72 Å². The van der Waals surface area contributed by atoms with E-state index < -0.39 is 32.7 Å². The van der Waals surface area contributed by atoms with Gasteiger partial charge in [0.2, 0.25) is 10.0 Å². The van der Waals surface area contributed by atoms with E-state index in [4.69, 9.17) is 16.7 Å². The normalized spacial score (nSPS) is 14.2. The van der Waals surface area contributed by atoms with Gasteiger partial charge in [0, 0.05) is 12.6 Å². The fourth-order valence-electron chi connectivity index (χ4n) is 1.67. The van der Waals surface area contributed by atoms with E-state index in [9.17, 15) is 21.6 Å². The first-order valence-corrected chi connectivity index (χ1v) is 7.94. The Morgan fingerprint density at radius 3 is 2.52 bits per heavy atom. The van der Waals surface area contributed by atoms with E-state index in [1.54, 1.807) is 6.92 Å². The van der Waals surface area contributed by atoms with Crippen LogP contribution in [0.2, 0.25) is 5.02 Å². The van der Waals surface area contributed by atoms with Crippen molar-refractivity contribution in [3.05, 3.63) is 28.8 Å². The lowest BCUT2D eigenvalue weighted by Gasteiger charge is -2.15. The van der Waals surface area contributed by atoms with Crippen molar-refractivity contribution in [2.45, 2.75) is 36.9 Å². The fraction of sp³-hybridized carbons (Fsp3) is 0.500. The topological polar surface area (TPSA) is 66.4 Å². The Balaban J connectivity index is 3.08. The molecule has 120 valence electrons. The fourth-order valence-corrected chi connectivity index (χ4v) is 3.47. The molecule has 0 aromatic heterocycles. The summed E-state index contributed by atoms with van der Waals surface area (Å²) >= 11 is 5.69. The molecule has 2 N–H and O–H groups in total. The van der Waals surface area contributed by atoms with Gasteiger partial charge in [-0.2, -0.15) is 13.2 Å². The Hall–Kier alpha value is -0.830. The first-order chi connectivity index (χ1) is 9.58. The maximum Gasteiger partial charge on any atom is 0.416 e. The Morgan fingerprint density at radius 2 is 2.00 bits per heavy atom. The molecule has 9 heteroatoms. The van der Waals surface area contributed by atoms with Crippen LogP contribution in [0.4, 0.5) is 13.2 Å². The zero-order valence-corrected chi connectivity index (χ0v) is 12.7. The molecule has 0 bridgehead atoms. The Bertz CT molecular complexity index is 590. The van der Waals surface area contributed by atoms with Gasteiger partial charge in [0.25, 0.3) is 0 Å². The molecule has 1 rings (SSSR count). The first kappa shape index (κ1) is 18.2. The largest absolute Gasteiger partial charge is 0.416 e. The number of sulfonamides is 1. The molecular formula is C12H15ClF3NO3S. The lowest BCUT2D eigenvalue weighted by molar-refractivity contribution is -0.137. The van der Waals surface area contributed by atoms with Crippen LogP contribution in [-0.2, 0) is 16.2 Å². The third kappa shape index (κ3) is 5.14. The average Bonchev–Trinajstić information content (AvgIpc) is 2.34. The zero-order chi connectivity index (χ0) is 16.3. The summed E-state index contributed by atoms with van der Waals surface area (Å²) in [6.07, 6.45) is -3.93. The van der Waals surface area contributed by atoms with Crippen LogP contribution < -0.4 is 4.72 Å². The quantitative estimate of drug-likeness (QED) is 0.833. The minimum absolute atomic E-state index is 0.101. The molecule has 0 saturated heterocycles. The van der Waals surface area contributed by atoms with E-state index in [1.807, 2.05) is 0 Å². The summed E-state index contributed by atoms with van der Waals surface area (Å²) < 4.78 is 64.3. The van der Waals surface area contributed by atoms with Gasteiger partial charge >= 0.3 is 6.18 Å². The average molecular weight is 346 g/mol. The highest BCUT2D eigenvalue weighted by atomic mass is 35.5. The van der Waals surface area contributed by atoms with Crippen molar-refractivity contribution in [3.8, 4) is 0 Å². The molecule has 0 aliphatic carbocycles. The summed E-state index contributed by atoms with van der Waals surface area (Å²) in [5.74, 6) is 0. The molecule has 1 atom stereocenters. The maximum atomic E-state index is 12.6. The highest BCUT2D eigenvalue weighted by Gasteiger charge is 2.33. The van der Waals surface area contributed by atoms with Gasteiger partial charge in [0.1, 0.15) is 4.90 Å². The van der Waals surface area contributed by atoms with Crippen molar-refractivity contribution in [2.24, 2.45) is 0 Å². The van der Waals surface area contributed by atoms with E-state index in [-0.39, 0.29) is 11.6 Å². The Labute approximate surface area is 126 Å². The van der Waals surface area contributed by atoms with E-state index in [1.165, 1.54) is 0 Å². The summed E-state index contributed by atoms with van der Waals surface area (Å²) in [7, 11) is -4.17. The molecule has 1 aromatic carbocycles. The Kier molecular flexibility index (Phi) is 6.03. The summed E-state index contributed by atoms with van der Waals surface area (Å²) in [4.78, 5) is -0.616. The monoisotopic (exact) mass is 345 g/mol. The number of alkyl halides is 3. The lowest BCUT2D eigenvalue weighted by Crippen LogP contribution is -2.33. The number of aliphatic hydroxyl groups excluding tert-OH is 1. The number of nitrogens with one attached hydrogen (secondary N) is 1. The van der Waals surface area contributed by atoms with Crippen LogP contribution >= 0.6 is 11.6 Å². The molecule has 0 aliphatic rings. The Morgan fingerprint density at radius 1 is 1.38 bits per heavy atom. The van der Waals surface area contributed by atoms with Gasteiger partial charge in [-0.15, -0.1) is 0 Å². The van der Waals surface area contributed by atoms with Gasteiger partial charge in [0.05, 0.1) is 10.6 Å². The minimum atomic E-state index is -4.66. The third-order valence-electron chi connectivity index (χ3n) is 2.70. The highest BCUT2D eigenvalue weighted by Crippen LogP contribution is 2.33. The van der Waals surface area contributed by atoms with Gasteiger partial charge < -0.3 is 5.11 Å². The van der Waals surface area contributed by atoms with Gasteiger partial charge in [-0.25, -0.2) is 13.1 Å². The maximum absolute atomic E-state index is 12.6. The molecule has 0 aliphatic heterocycles. The lowest BCUT2D eigenvalue weighted by atomic mass is 10.2. The second kappa shape index (κ2) is 6.95. The van der Waals surface area contributed by atoms with E-state index in [0.29, 0.717) is 18.9 Å². The number of rotatable bonds is 6. The molecule has 0 heterocycles. The van der Waals surface area contributed by atoms with E-state index >= 15 is 0 Å². The van der Waals surface area contributed by atoms with Gasteiger partial charge in [0.15, 0.2) is 0 Å². The molecule has 21 heavy (non-hydrogen) atoms. The summed E-state index contributed by atoms with van der Waals surface area (Å²) in [5.41, 5.74) is -1.09. The predicted molar refractivity (Wildman–Crippen MR) is 72.6 cm³/mol. The van der Waals surface area contributed by atoms with Crippen LogP contribution in [0, 0.1) is 0 Å². The van der Waals surface area contributed by atoms with Crippen LogP contribution in [0.5, 0.6) is 0 Å². The van der Waals surface area contributed by atoms with Crippen molar-refractivity contribution in [3.63, 3.8) is 0 Å². The number of hydrogen-bond acceptors (Lipinski definition) is 3. The summed E-state index contributed by atoms with van der Waals surface area (Å²) in [6.45, 7) is 1.45. The molecule has 0 fully saturated rings. The van der Waals surface area contributed by atoms with Gasteiger partial charge in [-0.05, 0) is 38.0 Å². The molecule has 4 nitrogen and oxygen atoms in total. The smallest absolute Gasteiger partial charge is 0.396 e. The van der Waals surface area contributed by atoms with Crippen molar-refractivity contribution >= 4 is 21.6 Å². The van der Waals surface area contributed by atoms with Crippen LogP contribution in [0.1, 0.15) is 25.3 Å². The predicted octanol–water partition coefficient (Wildman–Crippen LogP) is 2.80. The van der Waals surface area contributed by atoms with Crippen molar-refractivity contribution in [1.82, 2.24) is 4.72 Å². The molecule has 1 aromatic rings. The second-order valence-corrected chi connectivity index (χ2v) is 6.62. The third-order valence-corrected chi connectivity index (χ3v) is 4.77. The van der Waals surface area contributed by atoms with Crippen molar-refractivity contribution in [1.29, 1.82) is 0 Å². The summed E-state index contributed by atoms with van der Waals surface area (Å²) in [5, 5.41) is 8.39. The molecule has 0 spiro atoms. The summed E-state index contributed by atoms with van der Waals surface area (Å²) in [6, 6.07) is 1.59. The number of hydrogen-bond donors (Lipinski definition) is 2. The second-order valence-electron chi connectivity index (χ2n) is 4.53. The van der Waals surface area contributed by atoms with Crippen LogP contribution in [0.25, 0.3) is 0 Å². The SMILES string of the molecule is CC(CCCO)NS(=O)(=O)c1cc(C(F)(F)F)ccc1Cl. The molecule has 0 saturated carbocycles. The van der Waals surface area contributed by atoms with Gasteiger partial charge in [-0.1, -0.05) is 11.6 Å². The first-order valence-electron chi connectivity index (χ1n) is 6.08. The van der Waals surface area contributed by atoms with Crippen molar-refractivity contribution in [2.75, 3.05) is 6.61 Å². The van der Waals surface area contributed by atoms with Crippen LogP contribution in [0.3, 0.4) is 0 Å². The molecule has 1 unspecified atom stereocenters.